The number of hydrogen-bond donors (Lipinski definition) is 1. The number of H-pyrrole nitrogens is 1. The van der Waals surface area contributed by atoms with Gasteiger partial charge in [0.25, 0.3) is 5.56 Å². The molecule has 0 bridgehead atoms. The van der Waals surface area contributed by atoms with Crippen LogP contribution in [0.25, 0.3) is 11.2 Å². The largest absolute Gasteiger partial charge is 0.411 e. The summed E-state index contributed by atoms with van der Waals surface area (Å²) in [7, 11) is 0. The highest BCUT2D eigenvalue weighted by atomic mass is 19.4. The van der Waals surface area contributed by atoms with Crippen molar-refractivity contribution in [1.82, 2.24) is 19.9 Å². The highest BCUT2D eigenvalue weighted by Crippen LogP contribution is 2.14. The van der Waals surface area contributed by atoms with Crippen molar-refractivity contribution in [3.63, 3.8) is 0 Å². The van der Waals surface area contributed by atoms with Crippen molar-refractivity contribution < 1.29 is 17.9 Å². The molecule has 9 heteroatoms. The molecule has 2 aromatic rings. The van der Waals surface area contributed by atoms with Gasteiger partial charge in [0.1, 0.15) is 19.0 Å². The van der Waals surface area contributed by atoms with Gasteiger partial charge in [0.05, 0.1) is 0 Å². The molecule has 0 amide bonds. The van der Waals surface area contributed by atoms with E-state index in [1.165, 1.54) is 12.4 Å². The number of nitrogens with one attached hydrogen (secondary N) is 1. The lowest BCUT2D eigenvalue weighted by molar-refractivity contribution is -0.177. The summed E-state index contributed by atoms with van der Waals surface area (Å²) in [5, 5.41) is 0. The molecule has 0 radical (unpaired) electrons. The van der Waals surface area contributed by atoms with Crippen molar-refractivity contribution in [1.29, 1.82) is 0 Å². The molecule has 0 aliphatic carbocycles. The molecule has 0 aromatic carbocycles. The van der Waals surface area contributed by atoms with E-state index in [2.05, 4.69) is 24.7 Å². The Morgan fingerprint density at radius 1 is 1.28 bits per heavy atom. The van der Waals surface area contributed by atoms with Crippen LogP contribution in [0.2, 0.25) is 0 Å². The number of aromatic amines is 1. The second kappa shape index (κ2) is 4.69. The Morgan fingerprint density at radius 2 is 2.00 bits per heavy atom. The van der Waals surface area contributed by atoms with Crippen LogP contribution in [-0.2, 0) is 11.3 Å². The summed E-state index contributed by atoms with van der Waals surface area (Å²) in [6, 6.07) is 0. The normalized spacial score (nSPS) is 11.9. The Morgan fingerprint density at radius 3 is 2.72 bits per heavy atom. The molecule has 0 saturated carbocycles. The van der Waals surface area contributed by atoms with Crippen molar-refractivity contribution in [3.8, 4) is 0 Å². The maximum Gasteiger partial charge on any atom is 0.411 e. The first kappa shape index (κ1) is 12.4. The van der Waals surface area contributed by atoms with E-state index < -0.39 is 24.9 Å². The van der Waals surface area contributed by atoms with E-state index in [9.17, 15) is 18.0 Å². The van der Waals surface area contributed by atoms with Crippen LogP contribution in [0.3, 0.4) is 0 Å². The molecule has 0 unspecified atom stereocenters. The van der Waals surface area contributed by atoms with E-state index in [4.69, 9.17) is 0 Å². The summed E-state index contributed by atoms with van der Waals surface area (Å²) in [4.78, 5) is 25.1. The molecule has 18 heavy (non-hydrogen) atoms. The minimum absolute atomic E-state index is 0.0251. The lowest BCUT2D eigenvalue weighted by Gasteiger charge is -2.07. The topological polar surface area (TPSA) is 80.8 Å². The van der Waals surface area contributed by atoms with Crippen LogP contribution in [-0.4, -0.2) is 32.7 Å². The highest BCUT2D eigenvalue weighted by Gasteiger charge is 2.27. The predicted molar refractivity (Wildman–Crippen MR) is 53.7 cm³/mol. The van der Waals surface area contributed by atoms with Gasteiger partial charge in [-0.05, 0) is 0 Å². The van der Waals surface area contributed by atoms with Crippen LogP contribution < -0.4 is 5.56 Å². The molecular formula is C9H7F3N4O2. The van der Waals surface area contributed by atoms with Crippen molar-refractivity contribution in [2.45, 2.75) is 12.8 Å². The average Bonchev–Trinajstić information content (AvgIpc) is 2.27. The van der Waals surface area contributed by atoms with Crippen molar-refractivity contribution in [2.75, 3.05) is 6.61 Å². The summed E-state index contributed by atoms with van der Waals surface area (Å²) < 4.78 is 39.9. The SMILES string of the molecule is O=c1[nH]c(COCC(F)(F)F)nc2nccnc12. The Kier molecular flexibility index (Phi) is 3.24. The van der Waals surface area contributed by atoms with Gasteiger partial charge in [-0.3, -0.25) is 4.79 Å². The summed E-state index contributed by atoms with van der Waals surface area (Å²) in [5.74, 6) is -0.0303. The second-order valence-corrected chi connectivity index (χ2v) is 3.35. The van der Waals surface area contributed by atoms with Crippen LogP contribution in [0.4, 0.5) is 13.2 Å². The van der Waals surface area contributed by atoms with E-state index in [1.54, 1.807) is 0 Å². The Bertz CT molecular complexity index is 611. The predicted octanol–water partition coefficient (Wildman–Crippen LogP) is 0.792. The maximum absolute atomic E-state index is 11.9. The van der Waals surface area contributed by atoms with Crippen LogP contribution >= 0.6 is 0 Å². The molecule has 1 N–H and O–H groups in total. The van der Waals surface area contributed by atoms with Crippen LogP contribution in [0.5, 0.6) is 0 Å². The van der Waals surface area contributed by atoms with Gasteiger partial charge >= 0.3 is 6.18 Å². The first-order valence-corrected chi connectivity index (χ1v) is 4.80. The van der Waals surface area contributed by atoms with Crippen LogP contribution in [0.1, 0.15) is 5.82 Å². The zero-order valence-corrected chi connectivity index (χ0v) is 8.86. The molecule has 0 atom stereocenters. The molecule has 0 fully saturated rings. The first-order chi connectivity index (χ1) is 8.46. The third kappa shape index (κ3) is 3.00. The smallest absolute Gasteiger partial charge is 0.364 e. The number of hydrogen-bond acceptors (Lipinski definition) is 5. The molecule has 0 saturated heterocycles. The monoisotopic (exact) mass is 260 g/mol. The van der Waals surface area contributed by atoms with Gasteiger partial charge in [0.15, 0.2) is 11.2 Å². The van der Waals surface area contributed by atoms with Gasteiger partial charge in [-0.15, -0.1) is 0 Å². The minimum atomic E-state index is -4.42. The molecule has 0 aliphatic rings. The third-order valence-corrected chi connectivity index (χ3v) is 1.90. The number of nitrogens with zero attached hydrogens (tertiary/aromatic N) is 3. The number of aromatic nitrogens is 4. The first-order valence-electron chi connectivity index (χ1n) is 4.80. The standard InChI is InChI=1S/C9H7F3N4O2/c10-9(11,12)4-18-3-5-15-7-6(8(17)16-5)13-1-2-14-7/h1-2H,3-4H2,(H,14,15,16,17). The maximum atomic E-state index is 11.9. The molecular weight excluding hydrogens is 253 g/mol. The average molecular weight is 260 g/mol. The third-order valence-electron chi connectivity index (χ3n) is 1.90. The van der Waals surface area contributed by atoms with Crippen LogP contribution in [0, 0.1) is 0 Å². The van der Waals surface area contributed by atoms with Crippen molar-refractivity contribution in [2.24, 2.45) is 0 Å². The van der Waals surface area contributed by atoms with E-state index in [0.717, 1.165) is 0 Å². The highest BCUT2D eigenvalue weighted by molar-refractivity contribution is 5.67. The fourth-order valence-electron chi connectivity index (χ4n) is 1.25. The molecule has 2 heterocycles. The number of halogens is 3. The minimum Gasteiger partial charge on any atom is -0.364 e. The van der Waals surface area contributed by atoms with E-state index in [-0.39, 0.29) is 17.0 Å². The zero-order chi connectivity index (χ0) is 13.2. The Labute approximate surface area is 97.9 Å². The van der Waals surface area contributed by atoms with Crippen molar-refractivity contribution in [3.05, 3.63) is 28.6 Å². The zero-order valence-electron chi connectivity index (χ0n) is 8.86. The van der Waals surface area contributed by atoms with Gasteiger partial charge in [-0.25, -0.2) is 15.0 Å². The fraction of sp³-hybridized carbons (Fsp3) is 0.333. The van der Waals surface area contributed by atoms with Crippen LogP contribution in [0.15, 0.2) is 17.2 Å². The summed E-state index contributed by atoms with van der Waals surface area (Å²) in [6.07, 6.45) is -1.77. The molecule has 0 aliphatic heterocycles. The summed E-state index contributed by atoms with van der Waals surface area (Å²) >= 11 is 0. The molecule has 96 valence electrons. The number of rotatable bonds is 3. The van der Waals surface area contributed by atoms with Gasteiger partial charge in [-0.2, -0.15) is 13.2 Å². The number of alkyl halides is 3. The lowest BCUT2D eigenvalue weighted by Crippen LogP contribution is -2.19. The van der Waals surface area contributed by atoms with E-state index >= 15 is 0 Å². The van der Waals surface area contributed by atoms with Gasteiger partial charge in [-0.1, -0.05) is 0 Å². The number of fused-ring (bicyclic) bond motifs is 1. The number of ether oxygens (including phenoxy) is 1. The van der Waals surface area contributed by atoms with Gasteiger partial charge in [0.2, 0.25) is 0 Å². The quantitative estimate of drug-likeness (QED) is 0.882. The second-order valence-electron chi connectivity index (χ2n) is 3.35. The van der Waals surface area contributed by atoms with Crippen molar-refractivity contribution >= 4 is 11.2 Å². The lowest BCUT2D eigenvalue weighted by atomic mass is 10.5. The summed E-state index contributed by atoms with van der Waals surface area (Å²) in [5.41, 5.74) is -0.484. The molecule has 2 rings (SSSR count). The van der Waals surface area contributed by atoms with E-state index in [1.807, 2.05) is 0 Å². The molecule has 2 aromatic heterocycles. The summed E-state index contributed by atoms with van der Waals surface area (Å²) in [6.45, 7) is -1.86. The van der Waals surface area contributed by atoms with E-state index in [0.29, 0.717) is 0 Å². The Hall–Kier alpha value is -2.03. The molecule has 6 nitrogen and oxygen atoms in total. The molecule has 0 spiro atoms. The van der Waals surface area contributed by atoms with Gasteiger partial charge < -0.3 is 9.72 Å². The fourth-order valence-corrected chi connectivity index (χ4v) is 1.25. The van der Waals surface area contributed by atoms with Gasteiger partial charge in [0, 0.05) is 12.4 Å². The Balaban J connectivity index is 2.17.